The minimum absolute atomic E-state index is 0.0830. The van der Waals surface area contributed by atoms with E-state index in [-0.39, 0.29) is 28.8 Å². The number of carbonyl (C=O) groups excluding carboxylic acids is 2. The van der Waals surface area contributed by atoms with Crippen molar-refractivity contribution in [2.24, 2.45) is 0 Å². The number of nitrogens with one attached hydrogen (secondary N) is 1. The number of carbonyl (C=O) groups is 2. The molecule has 4 rings (SSSR count). The molecule has 198 valence electrons. The summed E-state index contributed by atoms with van der Waals surface area (Å²) >= 11 is 6.41. The van der Waals surface area contributed by atoms with Gasteiger partial charge in [0.2, 0.25) is 0 Å². The third-order valence-electron chi connectivity index (χ3n) is 6.10. The molecule has 1 unspecified atom stereocenters. The summed E-state index contributed by atoms with van der Waals surface area (Å²) in [4.78, 5) is 32.0. The summed E-state index contributed by atoms with van der Waals surface area (Å²) in [5.41, 5.74) is 2.17. The molecule has 8 nitrogen and oxygen atoms in total. The highest BCUT2D eigenvalue weighted by Crippen LogP contribution is 2.28. The Hall–Kier alpha value is -3.83. The Morgan fingerprint density at radius 3 is 2.53 bits per heavy atom. The maximum absolute atomic E-state index is 13.3. The number of hydrogen-bond donors (Lipinski definition) is 1. The lowest BCUT2D eigenvalue weighted by Crippen LogP contribution is -2.37. The number of nitrogens with zero attached hydrogens (tertiary/aromatic N) is 4. The Kier molecular flexibility index (Phi) is 8.38. The molecule has 3 heterocycles. The molecule has 38 heavy (non-hydrogen) atoms. The monoisotopic (exact) mass is 533 g/mol. The fourth-order valence-corrected chi connectivity index (χ4v) is 4.49. The first-order chi connectivity index (χ1) is 18.1. The van der Waals surface area contributed by atoms with Crippen LogP contribution < -0.4 is 5.32 Å². The predicted octanol–water partition coefficient (Wildman–Crippen LogP) is 5.85. The average molecular weight is 534 g/mol. The first kappa shape index (κ1) is 27.2. The summed E-state index contributed by atoms with van der Waals surface area (Å²) in [5, 5.41) is 7.55. The van der Waals surface area contributed by atoms with Gasteiger partial charge in [0.1, 0.15) is 17.1 Å². The number of likely N-dealkylation sites (tertiary alicyclic amines) is 1. The van der Waals surface area contributed by atoms with E-state index in [4.69, 9.17) is 16.3 Å². The zero-order valence-corrected chi connectivity index (χ0v) is 22.9. The van der Waals surface area contributed by atoms with Gasteiger partial charge < -0.3 is 15.0 Å². The molecule has 1 aliphatic rings. The zero-order valence-electron chi connectivity index (χ0n) is 22.1. The van der Waals surface area contributed by atoms with Gasteiger partial charge in [-0.2, -0.15) is 5.10 Å². The van der Waals surface area contributed by atoms with Crippen molar-refractivity contribution in [2.75, 3.05) is 18.4 Å². The van der Waals surface area contributed by atoms with Gasteiger partial charge >= 0.3 is 6.09 Å². The van der Waals surface area contributed by atoms with Gasteiger partial charge in [0.05, 0.1) is 17.3 Å². The second kappa shape index (κ2) is 11.7. The van der Waals surface area contributed by atoms with E-state index in [1.54, 1.807) is 15.8 Å². The lowest BCUT2D eigenvalue weighted by molar-refractivity contribution is 0.0255. The van der Waals surface area contributed by atoms with Crippen LogP contribution in [0.3, 0.4) is 0 Å². The number of rotatable bonds is 3. The molecule has 0 aliphatic carbocycles. The summed E-state index contributed by atoms with van der Waals surface area (Å²) < 4.78 is 7.20. The minimum Gasteiger partial charge on any atom is -0.444 e. The van der Waals surface area contributed by atoms with Gasteiger partial charge in [0.15, 0.2) is 0 Å². The molecule has 0 bridgehead atoms. The van der Waals surface area contributed by atoms with Gasteiger partial charge in [-0.3, -0.25) is 9.48 Å². The van der Waals surface area contributed by atoms with Crippen LogP contribution in [0.5, 0.6) is 0 Å². The number of benzene rings is 1. The minimum atomic E-state index is -0.553. The summed E-state index contributed by atoms with van der Waals surface area (Å²) in [6.07, 6.45) is 4.93. The highest BCUT2D eigenvalue weighted by molar-refractivity contribution is 6.34. The lowest BCUT2D eigenvalue weighted by atomic mass is 10.1. The fourth-order valence-electron chi connectivity index (χ4n) is 4.27. The van der Waals surface area contributed by atoms with Gasteiger partial charge in [-0.15, -0.1) is 0 Å². The number of aromatic nitrogens is 3. The van der Waals surface area contributed by atoms with Crippen LogP contribution in [0.2, 0.25) is 5.02 Å². The van der Waals surface area contributed by atoms with Gasteiger partial charge in [0, 0.05) is 30.4 Å². The van der Waals surface area contributed by atoms with Crippen molar-refractivity contribution in [1.29, 1.82) is 0 Å². The largest absolute Gasteiger partial charge is 0.444 e. The summed E-state index contributed by atoms with van der Waals surface area (Å²) in [6.45, 7) is 8.51. The SMILES string of the molecule is Cc1cc(C#Cc2ccccc2)cnc1NC(=O)c1c(Cl)cnn1C1CCCN(C(=O)OC(C)(C)C)CC1. The molecule has 1 fully saturated rings. The molecule has 0 spiro atoms. The molecule has 0 radical (unpaired) electrons. The standard InChI is InChI=1S/C29H32ClN5O3/c1-20-17-22(13-12-21-9-6-5-7-10-21)18-31-26(20)33-27(36)25-24(30)19-32-35(25)23-11-8-15-34(16-14-23)28(37)38-29(2,3)4/h5-7,9-10,17-19,23H,8,11,14-16H2,1-4H3,(H,31,33,36). The summed E-state index contributed by atoms with van der Waals surface area (Å²) in [6, 6.07) is 11.5. The number of hydrogen-bond acceptors (Lipinski definition) is 5. The van der Waals surface area contributed by atoms with Crippen LogP contribution in [0.1, 0.15) is 73.3 Å². The third-order valence-corrected chi connectivity index (χ3v) is 6.37. The Bertz CT molecular complexity index is 1370. The molecular formula is C29H32ClN5O3. The maximum atomic E-state index is 13.3. The van der Waals surface area contributed by atoms with Crippen molar-refractivity contribution in [3.05, 3.63) is 76.2 Å². The molecule has 1 aromatic carbocycles. The average Bonchev–Trinajstić information content (AvgIpc) is 3.08. The zero-order chi connectivity index (χ0) is 27.3. The second-order valence-corrected chi connectivity index (χ2v) is 10.7. The smallest absolute Gasteiger partial charge is 0.410 e. The van der Waals surface area contributed by atoms with Crippen LogP contribution in [-0.2, 0) is 4.74 Å². The van der Waals surface area contributed by atoms with Crippen LogP contribution in [0.15, 0.2) is 48.8 Å². The topological polar surface area (TPSA) is 89.4 Å². The highest BCUT2D eigenvalue weighted by Gasteiger charge is 2.29. The normalized spacial score (nSPS) is 15.7. The third kappa shape index (κ3) is 6.93. The Labute approximate surface area is 228 Å². The maximum Gasteiger partial charge on any atom is 0.410 e. The van der Waals surface area contributed by atoms with Crippen LogP contribution in [0, 0.1) is 18.8 Å². The molecule has 1 saturated heterocycles. The van der Waals surface area contributed by atoms with Crippen LogP contribution in [0.4, 0.5) is 10.6 Å². The molecular weight excluding hydrogens is 502 g/mol. The van der Waals surface area contributed by atoms with E-state index in [9.17, 15) is 9.59 Å². The number of anilines is 1. The van der Waals surface area contributed by atoms with Crippen molar-refractivity contribution in [3.63, 3.8) is 0 Å². The van der Waals surface area contributed by atoms with Crippen LogP contribution in [0.25, 0.3) is 0 Å². The molecule has 1 N–H and O–H groups in total. The molecule has 3 aromatic rings. The van der Waals surface area contributed by atoms with E-state index in [1.807, 2.05) is 64.1 Å². The molecule has 1 aliphatic heterocycles. The first-order valence-corrected chi connectivity index (χ1v) is 13.0. The molecule has 0 saturated carbocycles. The number of halogens is 1. The van der Waals surface area contributed by atoms with Gasteiger partial charge in [-0.25, -0.2) is 9.78 Å². The molecule has 1 atom stereocenters. The van der Waals surface area contributed by atoms with E-state index >= 15 is 0 Å². The van der Waals surface area contributed by atoms with Crippen LogP contribution >= 0.6 is 11.6 Å². The summed E-state index contributed by atoms with van der Waals surface area (Å²) in [5.74, 6) is 6.26. The van der Waals surface area contributed by atoms with E-state index in [1.165, 1.54) is 6.20 Å². The van der Waals surface area contributed by atoms with Crippen molar-refractivity contribution in [2.45, 2.75) is 58.6 Å². The van der Waals surface area contributed by atoms with E-state index in [0.717, 1.165) is 29.5 Å². The van der Waals surface area contributed by atoms with Crippen molar-refractivity contribution in [1.82, 2.24) is 19.7 Å². The van der Waals surface area contributed by atoms with Gasteiger partial charge in [-0.1, -0.05) is 41.6 Å². The lowest BCUT2D eigenvalue weighted by Gasteiger charge is -2.26. The quantitative estimate of drug-likeness (QED) is 0.426. The molecule has 2 aromatic heterocycles. The fraction of sp³-hybridized carbons (Fsp3) is 0.379. The van der Waals surface area contributed by atoms with Crippen molar-refractivity contribution >= 4 is 29.4 Å². The molecule has 9 heteroatoms. The second-order valence-electron chi connectivity index (χ2n) is 10.3. The van der Waals surface area contributed by atoms with Crippen molar-refractivity contribution < 1.29 is 14.3 Å². The highest BCUT2D eigenvalue weighted by atomic mass is 35.5. The predicted molar refractivity (Wildman–Crippen MR) is 147 cm³/mol. The van der Waals surface area contributed by atoms with E-state index in [2.05, 4.69) is 27.2 Å². The van der Waals surface area contributed by atoms with Crippen molar-refractivity contribution in [3.8, 4) is 11.8 Å². The Balaban J connectivity index is 1.45. The van der Waals surface area contributed by atoms with E-state index in [0.29, 0.717) is 25.3 Å². The Morgan fingerprint density at radius 2 is 1.82 bits per heavy atom. The van der Waals surface area contributed by atoms with E-state index < -0.39 is 5.60 Å². The Morgan fingerprint density at radius 1 is 1.08 bits per heavy atom. The van der Waals surface area contributed by atoms with Gasteiger partial charge in [0.25, 0.3) is 5.91 Å². The number of aryl methyl sites for hydroxylation is 1. The first-order valence-electron chi connectivity index (χ1n) is 12.7. The number of ether oxygens (including phenoxy) is 1. The summed E-state index contributed by atoms with van der Waals surface area (Å²) in [7, 11) is 0. The number of amides is 2. The number of pyridine rings is 1. The van der Waals surface area contributed by atoms with Crippen LogP contribution in [-0.4, -0.2) is 50.4 Å². The molecule has 2 amide bonds. The van der Waals surface area contributed by atoms with Gasteiger partial charge in [-0.05, 0) is 70.7 Å².